The number of hydrogen-bond donors (Lipinski definition) is 4. The Balaban J connectivity index is 2.40. The summed E-state index contributed by atoms with van der Waals surface area (Å²) in [5, 5.41) is 10.4. The van der Waals surface area contributed by atoms with Gasteiger partial charge in [-0.25, -0.2) is 0 Å². The lowest BCUT2D eigenvalue weighted by molar-refractivity contribution is -0.148. The molecule has 0 aliphatic carbocycles. The molecule has 2 bridgehead atoms. The third kappa shape index (κ3) is 8.38. The molecular formula is C20H30N4O6S2. The van der Waals surface area contributed by atoms with Gasteiger partial charge in [-0.2, -0.15) is 0 Å². The number of nitrogens with one attached hydrogen (secondary N) is 4. The van der Waals surface area contributed by atoms with Crippen molar-refractivity contribution in [2.45, 2.75) is 57.8 Å². The molecule has 1 fully saturated rings. The molecule has 0 saturated carbocycles. The SMILES string of the molecule is CC(C)C1NC(=O)CC2/C=C/CCSSCC(NC1=O)C(=O)N[C@H](C)C(=O)NCC(=O)O2. The number of amides is 4. The van der Waals surface area contributed by atoms with Crippen LogP contribution >= 0.6 is 21.6 Å². The van der Waals surface area contributed by atoms with Crippen LogP contribution in [-0.2, 0) is 28.7 Å². The quantitative estimate of drug-likeness (QED) is 0.228. The second-order valence-corrected chi connectivity index (χ2v) is 10.5. The van der Waals surface area contributed by atoms with Crippen molar-refractivity contribution in [2.24, 2.45) is 5.92 Å². The first-order valence-corrected chi connectivity index (χ1v) is 12.9. The molecule has 3 unspecified atom stereocenters. The Morgan fingerprint density at radius 1 is 1.00 bits per heavy atom. The van der Waals surface area contributed by atoms with E-state index >= 15 is 0 Å². The minimum Gasteiger partial charge on any atom is -0.456 e. The van der Waals surface area contributed by atoms with Gasteiger partial charge < -0.3 is 26.0 Å². The maximum atomic E-state index is 12.9. The van der Waals surface area contributed by atoms with Crippen LogP contribution in [0.3, 0.4) is 0 Å². The fourth-order valence-corrected chi connectivity index (χ4v) is 5.14. The van der Waals surface area contributed by atoms with Crippen LogP contribution in [0.5, 0.6) is 0 Å². The summed E-state index contributed by atoms with van der Waals surface area (Å²) in [6.07, 6.45) is 3.12. The number of ether oxygens (including phenoxy) is 1. The lowest BCUT2D eigenvalue weighted by Gasteiger charge is -2.26. The van der Waals surface area contributed by atoms with E-state index in [1.165, 1.54) is 28.5 Å². The van der Waals surface area contributed by atoms with E-state index in [4.69, 9.17) is 4.74 Å². The summed E-state index contributed by atoms with van der Waals surface area (Å²) in [6.45, 7) is 4.64. The molecule has 2 aliphatic rings. The summed E-state index contributed by atoms with van der Waals surface area (Å²) >= 11 is 0. The highest BCUT2D eigenvalue weighted by molar-refractivity contribution is 8.76. The maximum absolute atomic E-state index is 12.9. The van der Waals surface area contributed by atoms with Gasteiger partial charge in [0.1, 0.15) is 30.8 Å². The summed E-state index contributed by atoms with van der Waals surface area (Å²) in [5.74, 6) is -2.01. The molecule has 2 heterocycles. The lowest BCUT2D eigenvalue weighted by atomic mass is 10.0. The van der Waals surface area contributed by atoms with Gasteiger partial charge in [-0.3, -0.25) is 24.0 Å². The van der Waals surface area contributed by atoms with Crippen molar-refractivity contribution in [2.75, 3.05) is 18.1 Å². The molecule has 4 atom stereocenters. The van der Waals surface area contributed by atoms with E-state index in [2.05, 4.69) is 21.3 Å². The van der Waals surface area contributed by atoms with E-state index in [0.717, 1.165) is 5.75 Å². The van der Waals surface area contributed by atoms with E-state index in [9.17, 15) is 24.0 Å². The van der Waals surface area contributed by atoms with Crippen molar-refractivity contribution < 1.29 is 28.7 Å². The van der Waals surface area contributed by atoms with Crippen LogP contribution in [0.4, 0.5) is 0 Å². The van der Waals surface area contributed by atoms with Gasteiger partial charge in [-0.15, -0.1) is 0 Å². The largest absolute Gasteiger partial charge is 0.456 e. The highest BCUT2D eigenvalue weighted by Crippen LogP contribution is 2.23. The molecule has 32 heavy (non-hydrogen) atoms. The lowest BCUT2D eigenvalue weighted by Crippen LogP contribution is -2.58. The molecule has 4 N–H and O–H groups in total. The highest BCUT2D eigenvalue weighted by Gasteiger charge is 2.31. The standard InChI is InChI=1S/C20H30N4O6S2/c1-11(2)17-20(29)23-14-10-32-31-7-5-4-6-13(8-15(25)24-17)30-16(26)9-21-18(27)12(3)22-19(14)28/h4,6,11-14,17H,5,7-10H2,1-3H3,(H,21,27)(H,22,28)(H,23,29)(H,24,25)/b6-4+/t12-,13?,14?,17?/m1/s1. The van der Waals surface area contributed by atoms with Gasteiger partial charge in [0.25, 0.3) is 0 Å². The molecule has 0 aromatic carbocycles. The number of allylic oxidation sites excluding steroid dienone is 1. The summed E-state index contributed by atoms with van der Waals surface area (Å²) in [6, 6.07) is -2.71. The van der Waals surface area contributed by atoms with Gasteiger partial charge in [0.2, 0.25) is 23.6 Å². The Bertz CT molecular complexity index is 760. The van der Waals surface area contributed by atoms with Crippen LogP contribution in [0.25, 0.3) is 0 Å². The molecule has 0 aromatic rings. The Hall–Kier alpha value is -2.21. The summed E-state index contributed by atoms with van der Waals surface area (Å²) in [4.78, 5) is 62.9. The van der Waals surface area contributed by atoms with Crippen molar-refractivity contribution in [3.8, 4) is 0 Å². The van der Waals surface area contributed by atoms with Crippen LogP contribution in [0.15, 0.2) is 12.2 Å². The monoisotopic (exact) mass is 486 g/mol. The van der Waals surface area contributed by atoms with Gasteiger partial charge in [0.15, 0.2) is 0 Å². The zero-order valence-corrected chi connectivity index (χ0v) is 20.0. The Morgan fingerprint density at radius 3 is 2.47 bits per heavy atom. The average Bonchev–Trinajstić information content (AvgIpc) is 2.72. The van der Waals surface area contributed by atoms with E-state index in [0.29, 0.717) is 6.42 Å². The van der Waals surface area contributed by atoms with Crippen molar-refractivity contribution in [1.82, 2.24) is 21.3 Å². The second-order valence-electron chi connectivity index (χ2n) is 7.85. The molecular weight excluding hydrogens is 456 g/mol. The third-order valence-corrected chi connectivity index (χ3v) is 7.21. The van der Waals surface area contributed by atoms with E-state index in [-0.39, 0.29) is 18.1 Å². The third-order valence-electron chi connectivity index (χ3n) is 4.76. The van der Waals surface area contributed by atoms with Crippen LogP contribution in [-0.4, -0.2) is 71.9 Å². The van der Waals surface area contributed by atoms with Gasteiger partial charge in [0, 0.05) is 11.5 Å². The summed E-state index contributed by atoms with van der Waals surface area (Å²) < 4.78 is 5.36. The molecule has 178 valence electrons. The second kappa shape index (κ2) is 12.7. The molecule has 12 heteroatoms. The summed E-state index contributed by atoms with van der Waals surface area (Å²) in [7, 11) is 2.96. The first-order valence-electron chi connectivity index (χ1n) is 10.5. The minimum atomic E-state index is -0.924. The molecule has 0 spiro atoms. The van der Waals surface area contributed by atoms with Gasteiger partial charge in [0.05, 0.1) is 6.42 Å². The Morgan fingerprint density at radius 2 is 1.75 bits per heavy atom. The number of carbonyl (C=O) groups excluding carboxylic acids is 5. The molecule has 1 saturated heterocycles. The fourth-order valence-electron chi connectivity index (χ4n) is 2.99. The zero-order chi connectivity index (χ0) is 23.7. The van der Waals surface area contributed by atoms with Crippen LogP contribution in [0.2, 0.25) is 0 Å². The average molecular weight is 487 g/mol. The van der Waals surface area contributed by atoms with E-state index in [1.54, 1.807) is 19.9 Å². The zero-order valence-electron chi connectivity index (χ0n) is 18.3. The van der Waals surface area contributed by atoms with Crippen LogP contribution in [0, 0.1) is 5.92 Å². The number of rotatable bonds is 1. The predicted octanol–water partition coefficient (Wildman–Crippen LogP) is -0.110. The first kappa shape index (κ1) is 26.0. The highest BCUT2D eigenvalue weighted by atomic mass is 33.1. The first-order chi connectivity index (χ1) is 15.2. The van der Waals surface area contributed by atoms with Crippen molar-refractivity contribution >= 4 is 51.2 Å². The van der Waals surface area contributed by atoms with Gasteiger partial charge >= 0.3 is 5.97 Å². The molecule has 4 amide bonds. The van der Waals surface area contributed by atoms with Gasteiger partial charge in [-0.05, 0) is 25.3 Å². The van der Waals surface area contributed by atoms with E-state index < -0.39 is 60.4 Å². The maximum Gasteiger partial charge on any atom is 0.326 e. The molecule has 0 aromatic heterocycles. The molecule has 10 nitrogen and oxygen atoms in total. The number of esters is 1. The number of carbonyl (C=O) groups is 5. The van der Waals surface area contributed by atoms with Crippen molar-refractivity contribution in [3.63, 3.8) is 0 Å². The fraction of sp³-hybridized carbons (Fsp3) is 0.650. The Labute approximate surface area is 195 Å². The Kier molecular flexibility index (Phi) is 10.4. The molecule has 2 aliphatic heterocycles. The topological polar surface area (TPSA) is 143 Å². The predicted molar refractivity (Wildman–Crippen MR) is 122 cm³/mol. The minimum absolute atomic E-state index is 0.172. The number of hydrogen-bond acceptors (Lipinski definition) is 8. The molecule has 2 rings (SSSR count). The molecule has 0 radical (unpaired) electrons. The van der Waals surface area contributed by atoms with E-state index in [1.807, 2.05) is 6.08 Å². The smallest absolute Gasteiger partial charge is 0.326 e. The summed E-state index contributed by atoms with van der Waals surface area (Å²) in [5.41, 5.74) is 0. The van der Waals surface area contributed by atoms with Crippen molar-refractivity contribution in [1.29, 1.82) is 0 Å². The number of fused-ring (bicyclic) bond motifs is 7. The normalized spacial score (nSPS) is 30.3. The van der Waals surface area contributed by atoms with Gasteiger partial charge in [-0.1, -0.05) is 41.5 Å². The van der Waals surface area contributed by atoms with Crippen LogP contribution < -0.4 is 21.3 Å². The van der Waals surface area contributed by atoms with Crippen LogP contribution in [0.1, 0.15) is 33.6 Å². The van der Waals surface area contributed by atoms with Crippen molar-refractivity contribution in [3.05, 3.63) is 12.2 Å².